The lowest BCUT2D eigenvalue weighted by Gasteiger charge is -2.20. The molecule has 4 aromatic rings. The van der Waals surface area contributed by atoms with E-state index >= 15 is 0 Å². The van der Waals surface area contributed by atoms with Gasteiger partial charge in [-0.2, -0.15) is 0 Å². The first-order chi connectivity index (χ1) is 14.7. The van der Waals surface area contributed by atoms with Gasteiger partial charge in [0, 0.05) is 19.6 Å². The van der Waals surface area contributed by atoms with Crippen LogP contribution in [0.3, 0.4) is 0 Å². The standard InChI is InChI=1S/C26H20O2S2/c27-15-17-1-5-19(6-2-17)21-9-11-23-25(13-21)29-24-12-10-22(14-26(24)30-23)20-7-3-18(16-28)4-8-20/h1-14,27-28H,15-16H2. The maximum Gasteiger partial charge on any atom is 0.0681 e. The van der Waals surface area contributed by atoms with E-state index in [1.54, 1.807) is 0 Å². The minimum Gasteiger partial charge on any atom is -0.392 e. The zero-order valence-corrected chi connectivity index (χ0v) is 17.8. The van der Waals surface area contributed by atoms with Gasteiger partial charge in [0.1, 0.15) is 0 Å². The van der Waals surface area contributed by atoms with Gasteiger partial charge in [-0.1, -0.05) is 84.2 Å². The molecule has 0 saturated heterocycles. The van der Waals surface area contributed by atoms with E-state index in [-0.39, 0.29) is 13.2 Å². The summed E-state index contributed by atoms with van der Waals surface area (Å²) in [4.78, 5) is 5.10. The molecule has 0 bridgehead atoms. The van der Waals surface area contributed by atoms with Gasteiger partial charge < -0.3 is 10.2 Å². The van der Waals surface area contributed by atoms with Crippen molar-refractivity contribution < 1.29 is 10.2 Å². The average Bonchev–Trinajstić information content (AvgIpc) is 2.82. The molecule has 1 heterocycles. The van der Waals surface area contributed by atoms with E-state index in [9.17, 15) is 10.2 Å². The first-order valence-corrected chi connectivity index (χ1v) is 11.4. The van der Waals surface area contributed by atoms with Crippen molar-refractivity contribution in [1.29, 1.82) is 0 Å². The van der Waals surface area contributed by atoms with Gasteiger partial charge in [0.05, 0.1) is 13.2 Å². The number of rotatable bonds is 4. The highest BCUT2D eigenvalue weighted by atomic mass is 32.2. The smallest absolute Gasteiger partial charge is 0.0681 e. The van der Waals surface area contributed by atoms with Gasteiger partial charge in [-0.3, -0.25) is 0 Å². The van der Waals surface area contributed by atoms with Crippen LogP contribution in [0.5, 0.6) is 0 Å². The van der Waals surface area contributed by atoms with Crippen molar-refractivity contribution in [2.45, 2.75) is 32.8 Å². The Labute approximate surface area is 184 Å². The fourth-order valence-corrected chi connectivity index (χ4v) is 5.82. The molecule has 1 aliphatic rings. The van der Waals surface area contributed by atoms with Crippen LogP contribution in [0.25, 0.3) is 22.3 Å². The summed E-state index contributed by atoms with van der Waals surface area (Å²) in [6, 6.07) is 29.4. The van der Waals surface area contributed by atoms with Crippen molar-refractivity contribution in [3.05, 3.63) is 96.1 Å². The van der Waals surface area contributed by atoms with Crippen LogP contribution in [0.4, 0.5) is 0 Å². The second-order valence-electron chi connectivity index (χ2n) is 7.24. The van der Waals surface area contributed by atoms with E-state index in [0.29, 0.717) is 0 Å². The molecule has 4 heteroatoms. The van der Waals surface area contributed by atoms with Crippen molar-refractivity contribution in [3.63, 3.8) is 0 Å². The largest absolute Gasteiger partial charge is 0.392 e. The predicted molar refractivity (Wildman–Crippen MR) is 124 cm³/mol. The van der Waals surface area contributed by atoms with E-state index in [1.165, 1.54) is 30.7 Å². The van der Waals surface area contributed by atoms with Gasteiger partial charge in [0.15, 0.2) is 0 Å². The number of aliphatic hydroxyl groups is 2. The quantitative estimate of drug-likeness (QED) is 0.337. The molecule has 0 unspecified atom stereocenters. The molecule has 0 radical (unpaired) electrons. The Hall–Kier alpha value is -2.50. The monoisotopic (exact) mass is 428 g/mol. The third kappa shape index (κ3) is 3.80. The Balaban J connectivity index is 1.43. The molecule has 0 amide bonds. The Morgan fingerprint density at radius 2 is 0.800 bits per heavy atom. The van der Waals surface area contributed by atoms with Crippen LogP contribution < -0.4 is 0 Å². The first-order valence-electron chi connectivity index (χ1n) is 9.77. The van der Waals surface area contributed by atoms with Crippen LogP contribution in [0.2, 0.25) is 0 Å². The van der Waals surface area contributed by atoms with Crippen LogP contribution in [-0.2, 0) is 13.2 Å². The minimum absolute atomic E-state index is 0.0707. The highest BCUT2D eigenvalue weighted by Crippen LogP contribution is 2.50. The zero-order valence-electron chi connectivity index (χ0n) is 16.2. The van der Waals surface area contributed by atoms with Gasteiger partial charge in [-0.15, -0.1) is 0 Å². The maximum atomic E-state index is 9.25. The summed E-state index contributed by atoms with van der Waals surface area (Å²) < 4.78 is 0. The third-order valence-corrected chi connectivity index (χ3v) is 7.79. The lowest BCUT2D eigenvalue weighted by molar-refractivity contribution is 0.281. The Morgan fingerprint density at radius 3 is 1.17 bits per heavy atom. The van der Waals surface area contributed by atoms with Crippen LogP contribution in [0.1, 0.15) is 11.1 Å². The number of aliphatic hydroxyl groups excluding tert-OH is 2. The molecule has 1 aliphatic heterocycles. The van der Waals surface area contributed by atoms with Gasteiger partial charge in [-0.05, 0) is 57.6 Å². The maximum absolute atomic E-state index is 9.25. The number of hydrogen-bond acceptors (Lipinski definition) is 4. The van der Waals surface area contributed by atoms with Gasteiger partial charge in [-0.25, -0.2) is 0 Å². The summed E-state index contributed by atoms with van der Waals surface area (Å²) in [6.45, 7) is 0.141. The number of hydrogen-bond donors (Lipinski definition) is 2. The van der Waals surface area contributed by atoms with Crippen molar-refractivity contribution >= 4 is 23.5 Å². The summed E-state index contributed by atoms with van der Waals surface area (Å²) in [7, 11) is 0. The van der Waals surface area contributed by atoms with E-state index < -0.39 is 0 Å². The van der Waals surface area contributed by atoms with Crippen molar-refractivity contribution in [3.8, 4) is 22.3 Å². The number of benzene rings is 4. The summed E-state index contributed by atoms with van der Waals surface area (Å²) >= 11 is 3.63. The normalized spacial score (nSPS) is 12.3. The molecule has 0 saturated carbocycles. The molecule has 0 spiro atoms. The molecule has 148 valence electrons. The molecular weight excluding hydrogens is 408 g/mol. The third-order valence-electron chi connectivity index (χ3n) is 5.27. The highest BCUT2D eigenvalue weighted by Gasteiger charge is 2.18. The molecule has 0 aliphatic carbocycles. The lowest BCUT2D eigenvalue weighted by Crippen LogP contribution is -1.92. The summed E-state index contributed by atoms with van der Waals surface area (Å²) in [5, 5.41) is 18.5. The molecule has 30 heavy (non-hydrogen) atoms. The molecule has 0 atom stereocenters. The van der Waals surface area contributed by atoms with E-state index in [1.807, 2.05) is 47.8 Å². The number of fused-ring (bicyclic) bond motifs is 2. The average molecular weight is 429 g/mol. The minimum atomic E-state index is 0.0707. The van der Waals surface area contributed by atoms with E-state index in [0.717, 1.165) is 22.3 Å². The van der Waals surface area contributed by atoms with Gasteiger partial charge in [0.25, 0.3) is 0 Å². The molecule has 2 nitrogen and oxygen atoms in total. The Bertz CT molecular complexity index is 1100. The highest BCUT2D eigenvalue weighted by molar-refractivity contribution is 8.05. The Kier molecular flexibility index (Phi) is 5.40. The SMILES string of the molecule is OCc1ccc(-c2ccc3c(c2)Sc2ccc(-c4ccc(CO)cc4)cc2S3)cc1. The summed E-state index contributed by atoms with van der Waals surface area (Å²) in [5.74, 6) is 0. The van der Waals surface area contributed by atoms with Crippen LogP contribution >= 0.6 is 23.5 Å². The van der Waals surface area contributed by atoms with Crippen LogP contribution in [0, 0.1) is 0 Å². The predicted octanol–water partition coefficient (Wildman–Crippen LogP) is 6.62. The Morgan fingerprint density at radius 1 is 0.433 bits per heavy atom. The van der Waals surface area contributed by atoms with Crippen molar-refractivity contribution in [2.24, 2.45) is 0 Å². The first kappa shape index (κ1) is 19.5. The van der Waals surface area contributed by atoms with Gasteiger partial charge >= 0.3 is 0 Å². The molecule has 5 rings (SSSR count). The van der Waals surface area contributed by atoms with Crippen molar-refractivity contribution in [1.82, 2.24) is 0 Å². The fraction of sp³-hybridized carbons (Fsp3) is 0.0769. The second kappa shape index (κ2) is 8.32. The topological polar surface area (TPSA) is 40.5 Å². The second-order valence-corrected chi connectivity index (χ2v) is 9.40. The zero-order chi connectivity index (χ0) is 20.5. The van der Waals surface area contributed by atoms with Crippen LogP contribution in [-0.4, -0.2) is 10.2 Å². The molecule has 0 aromatic heterocycles. The molecule has 0 fully saturated rings. The van der Waals surface area contributed by atoms with E-state index in [4.69, 9.17) is 0 Å². The van der Waals surface area contributed by atoms with Crippen molar-refractivity contribution in [2.75, 3.05) is 0 Å². The van der Waals surface area contributed by atoms with E-state index in [2.05, 4.69) is 60.7 Å². The fourth-order valence-electron chi connectivity index (χ4n) is 3.55. The molecular formula is C26H20O2S2. The lowest BCUT2D eigenvalue weighted by atomic mass is 10.0. The van der Waals surface area contributed by atoms with Gasteiger partial charge in [0.2, 0.25) is 0 Å². The molecule has 2 N–H and O–H groups in total. The van der Waals surface area contributed by atoms with Crippen LogP contribution in [0.15, 0.2) is 105 Å². The summed E-state index contributed by atoms with van der Waals surface area (Å²) in [6.07, 6.45) is 0. The summed E-state index contributed by atoms with van der Waals surface area (Å²) in [5.41, 5.74) is 6.56. The molecule has 4 aromatic carbocycles.